The number of aliphatic hydroxyl groups excluding tert-OH is 1. The van der Waals surface area contributed by atoms with Crippen molar-refractivity contribution in [1.29, 1.82) is 0 Å². The Balaban J connectivity index is 1.74. The highest BCUT2D eigenvalue weighted by molar-refractivity contribution is 5.99. The number of carbonyl (C=O) groups is 1. The van der Waals surface area contributed by atoms with Crippen molar-refractivity contribution >= 4 is 23.1 Å². The Kier molecular flexibility index (Phi) is 5.64. The molecule has 0 aliphatic carbocycles. The first kappa shape index (κ1) is 17.4. The molecule has 2 aromatic rings. The van der Waals surface area contributed by atoms with Crippen molar-refractivity contribution in [3.63, 3.8) is 0 Å². The molecule has 1 aliphatic rings. The number of aromatic nitrogens is 1. The lowest BCUT2D eigenvalue weighted by Gasteiger charge is -2.28. The molecule has 0 spiro atoms. The number of aliphatic hydroxyl groups is 1. The molecule has 1 aromatic heterocycles. The van der Waals surface area contributed by atoms with Crippen LogP contribution in [0.5, 0.6) is 0 Å². The highest BCUT2D eigenvalue weighted by atomic mass is 16.5. The van der Waals surface area contributed by atoms with Crippen LogP contribution in [0.4, 0.5) is 4.79 Å². The third-order valence-electron chi connectivity index (χ3n) is 4.18. The maximum absolute atomic E-state index is 10.7. The third-order valence-corrected chi connectivity index (χ3v) is 4.18. The number of nitrogens with two attached hydrogens (primary N) is 1. The molecule has 0 bridgehead atoms. The highest BCUT2D eigenvalue weighted by Crippen LogP contribution is 2.20. The zero-order chi connectivity index (χ0) is 17.6. The molecule has 0 saturated carbocycles. The molecule has 8 nitrogen and oxygen atoms in total. The van der Waals surface area contributed by atoms with Gasteiger partial charge in [-0.2, -0.15) is 5.10 Å². The van der Waals surface area contributed by atoms with Crippen molar-refractivity contribution in [2.24, 2.45) is 10.8 Å². The monoisotopic (exact) mass is 345 g/mol. The van der Waals surface area contributed by atoms with Crippen molar-refractivity contribution in [2.45, 2.75) is 12.6 Å². The van der Waals surface area contributed by atoms with Gasteiger partial charge in [0, 0.05) is 48.8 Å². The number of fused-ring (bicyclic) bond motifs is 1. The van der Waals surface area contributed by atoms with E-state index in [1.807, 2.05) is 35.0 Å². The number of hydrazone groups is 1. The number of urea groups is 1. The van der Waals surface area contributed by atoms with Crippen LogP contribution in [0.2, 0.25) is 0 Å². The van der Waals surface area contributed by atoms with Crippen LogP contribution in [0, 0.1) is 0 Å². The van der Waals surface area contributed by atoms with Crippen LogP contribution in [0.25, 0.3) is 10.9 Å². The predicted molar refractivity (Wildman–Crippen MR) is 95.5 cm³/mol. The van der Waals surface area contributed by atoms with Crippen LogP contribution < -0.4 is 11.2 Å². The second-order valence-electron chi connectivity index (χ2n) is 6.06. The molecular formula is C17H23N5O3. The van der Waals surface area contributed by atoms with Crippen LogP contribution in [-0.4, -0.2) is 65.8 Å². The first-order valence-electron chi connectivity index (χ1n) is 8.28. The lowest BCUT2D eigenvalue weighted by Crippen LogP contribution is -2.41. The number of hydrogen-bond donors (Lipinski definition) is 3. The zero-order valence-corrected chi connectivity index (χ0v) is 14.0. The summed E-state index contributed by atoms with van der Waals surface area (Å²) in [6, 6.07) is 7.16. The van der Waals surface area contributed by atoms with Gasteiger partial charge in [-0.05, 0) is 6.07 Å². The molecule has 2 amide bonds. The first-order valence-corrected chi connectivity index (χ1v) is 8.28. The van der Waals surface area contributed by atoms with E-state index in [9.17, 15) is 9.90 Å². The number of morpholine rings is 1. The third kappa shape index (κ3) is 4.56. The van der Waals surface area contributed by atoms with Gasteiger partial charge in [0.05, 0.1) is 25.5 Å². The summed E-state index contributed by atoms with van der Waals surface area (Å²) in [5.41, 5.74) is 9.06. The van der Waals surface area contributed by atoms with Gasteiger partial charge in [-0.15, -0.1) is 0 Å². The number of primary amides is 1. The molecule has 1 saturated heterocycles. The summed E-state index contributed by atoms with van der Waals surface area (Å²) >= 11 is 0. The second kappa shape index (κ2) is 8.11. The average molecular weight is 345 g/mol. The second-order valence-corrected chi connectivity index (χ2v) is 6.06. The van der Waals surface area contributed by atoms with Gasteiger partial charge in [-0.25, -0.2) is 10.2 Å². The fourth-order valence-electron chi connectivity index (χ4n) is 3.06. The maximum Gasteiger partial charge on any atom is 0.332 e. The molecule has 1 unspecified atom stereocenters. The van der Waals surface area contributed by atoms with E-state index in [0.29, 0.717) is 26.3 Å². The van der Waals surface area contributed by atoms with Gasteiger partial charge in [-0.3, -0.25) is 4.90 Å². The van der Waals surface area contributed by atoms with Crippen LogP contribution in [0.15, 0.2) is 35.6 Å². The van der Waals surface area contributed by atoms with Crippen molar-refractivity contribution in [2.75, 3.05) is 32.8 Å². The van der Waals surface area contributed by atoms with Gasteiger partial charge < -0.3 is 20.1 Å². The van der Waals surface area contributed by atoms with Crippen LogP contribution in [0.3, 0.4) is 0 Å². The molecule has 3 rings (SSSR count). The minimum Gasteiger partial charge on any atom is -0.390 e. The molecule has 134 valence electrons. The van der Waals surface area contributed by atoms with E-state index in [4.69, 9.17) is 10.5 Å². The summed E-state index contributed by atoms with van der Waals surface area (Å²) in [7, 11) is 0. The molecule has 1 fully saturated rings. The molecule has 25 heavy (non-hydrogen) atoms. The van der Waals surface area contributed by atoms with Gasteiger partial charge in [0.25, 0.3) is 0 Å². The number of nitrogens with zero attached hydrogens (tertiary/aromatic N) is 3. The van der Waals surface area contributed by atoms with E-state index in [2.05, 4.69) is 15.4 Å². The van der Waals surface area contributed by atoms with E-state index in [0.717, 1.165) is 29.6 Å². The Bertz CT molecular complexity index is 752. The SMILES string of the molecule is NC(=O)NN=Cc1cn(CC(O)CN2CCOCC2)c2ccccc12. The number of ether oxygens (including phenoxy) is 1. The zero-order valence-electron chi connectivity index (χ0n) is 14.0. The van der Waals surface area contributed by atoms with Crippen molar-refractivity contribution in [3.05, 3.63) is 36.0 Å². The molecule has 0 radical (unpaired) electrons. The molecule has 1 atom stereocenters. The Morgan fingerprint density at radius 1 is 1.36 bits per heavy atom. The maximum atomic E-state index is 10.7. The van der Waals surface area contributed by atoms with E-state index < -0.39 is 12.1 Å². The van der Waals surface area contributed by atoms with Gasteiger partial charge in [0.15, 0.2) is 0 Å². The number of para-hydroxylation sites is 1. The lowest BCUT2D eigenvalue weighted by molar-refractivity contribution is 0.0117. The quantitative estimate of drug-likeness (QED) is 0.518. The highest BCUT2D eigenvalue weighted by Gasteiger charge is 2.16. The summed E-state index contributed by atoms with van der Waals surface area (Å²) < 4.78 is 7.34. The molecule has 1 aromatic carbocycles. The molecule has 8 heteroatoms. The van der Waals surface area contributed by atoms with Gasteiger partial charge in [-0.1, -0.05) is 18.2 Å². The fourth-order valence-corrected chi connectivity index (χ4v) is 3.06. The van der Waals surface area contributed by atoms with E-state index in [1.54, 1.807) is 6.21 Å². The number of benzene rings is 1. The Labute approximate surface area is 145 Å². The molecule has 4 N–H and O–H groups in total. The van der Waals surface area contributed by atoms with Crippen molar-refractivity contribution < 1.29 is 14.6 Å². The number of hydrogen-bond acceptors (Lipinski definition) is 5. The van der Waals surface area contributed by atoms with E-state index in [1.165, 1.54) is 0 Å². The van der Waals surface area contributed by atoms with Gasteiger partial charge in [0.1, 0.15) is 0 Å². The summed E-state index contributed by atoms with van der Waals surface area (Å²) in [6.07, 6.45) is 2.99. The van der Waals surface area contributed by atoms with Crippen molar-refractivity contribution in [1.82, 2.24) is 14.9 Å². The standard InChI is InChI=1S/C17H23N5O3/c18-17(24)20-19-9-13-10-22(16-4-2-1-3-15(13)16)12-14(23)11-21-5-7-25-8-6-21/h1-4,9-10,14,23H,5-8,11-12H2,(H3,18,20,24). The van der Waals surface area contributed by atoms with Crippen LogP contribution in [-0.2, 0) is 11.3 Å². The summed E-state index contributed by atoms with van der Waals surface area (Å²) in [5, 5.41) is 15.3. The van der Waals surface area contributed by atoms with E-state index >= 15 is 0 Å². The van der Waals surface area contributed by atoms with Gasteiger partial charge in [0.2, 0.25) is 0 Å². The number of carbonyl (C=O) groups excluding carboxylic acids is 1. The Morgan fingerprint density at radius 3 is 2.88 bits per heavy atom. The lowest BCUT2D eigenvalue weighted by atomic mass is 10.2. The van der Waals surface area contributed by atoms with Gasteiger partial charge >= 0.3 is 6.03 Å². The summed E-state index contributed by atoms with van der Waals surface area (Å²) in [5.74, 6) is 0. The Morgan fingerprint density at radius 2 is 2.12 bits per heavy atom. The van der Waals surface area contributed by atoms with E-state index in [-0.39, 0.29) is 0 Å². The fraction of sp³-hybridized carbons (Fsp3) is 0.412. The molecular weight excluding hydrogens is 322 g/mol. The number of nitrogens with one attached hydrogen (secondary N) is 1. The summed E-state index contributed by atoms with van der Waals surface area (Å²) in [6.45, 7) is 4.22. The summed E-state index contributed by atoms with van der Waals surface area (Å²) in [4.78, 5) is 12.9. The number of β-amino-alcohol motifs (C(OH)–C–C–N with tert-alkyl or cyclic N) is 1. The van der Waals surface area contributed by atoms with Crippen LogP contribution >= 0.6 is 0 Å². The smallest absolute Gasteiger partial charge is 0.332 e. The predicted octanol–water partition coefficient (Wildman–Crippen LogP) is 0.337. The van der Waals surface area contributed by atoms with Crippen LogP contribution in [0.1, 0.15) is 5.56 Å². The molecule has 1 aliphatic heterocycles. The average Bonchev–Trinajstić information content (AvgIpc) is 2.93. The number of amides is 2. The first-order chi connectivity index (χ1) is 12.1. The minimum absolute atomic E-state index is 0.481. The minimum atomic E-state index is -0.707. The Hall–Kier alpha value is -2.42. The normalized spacial score (nSPS) is 17.2. The number of rotatable bonds is 6. The topological polar surface area (TPSA) is 105 Å². The molecule has 2 heterocycles. The largest absolute Gasteiger partial charge is 0.390 e. The van der Waals surface area contributed by atoms with Crippen molar-refractivity contribution in [3.8, 4) is 0 Å².